The summed E-state index contributed by atoms with van der Waals surface area (Å²) in [5.74, 6) is 0.705. The Morgan fingerprint density at radius 2 is 2.19 bits per heavy atom. The van der Waals surface area contributed by atoms with Crippen molar-refractivity contribution in [2.45, 2.75) is 26.3 Å². The average molecular weight is 306 g/mol. The van der Waals surface area contributed by atoms with Crippen LogP contribution >= 0.6 is 11.3 Å². The molecule has 2 aromatic rings. The molecule has 0 spiro atoms. The summed E-state index contributed by atoms with van der Waals surface area (Å²) in [5.41, 5.74) is 2.11. The molecule has 0 radical (unpaired) electrons. The second-order valence-corrected chi connectivity index (χ2v) is 5.77. The molecule has 0 unspecified atom stereocenters. The van der Waals surface area contributed by atoms with Gasteiger partial charge in [0.25, 0.3) is 5.91 Å². The summed E-state index contributed by atoms with van der Waals surface area (Å²) in [5, 5.41) is 7.45. The van der Waals surface area contributed by atoms with Gasteiger partial charge >= 0.3 is 4.87 Å². The lowest BCUT2D eigenvalue weighted by atomic mass is 10.1. The molecule has 21 heavy (non-hydrogen) atoms. The van der Waals surface area contributed by atoms with E-state index in [1.807, 2.05) is 13.8 Å². The topological polar surface area (TPSA) is 86.9 Å². The van der Waals surface area contributed by atoms with Crippen molar-refractivity contribution in [3.05, 3.63) is 44.1 Å². The first kappa shape index (κ1) is 15.2. The Morgan fingerprint density at radius 3 is 2.76 bits per heavy atom. The summed E-state index contributed by atoms with van der Waals surface area (Å²) in [4.78, 5) is 30.2. The highest BCUT2D eigenvalue weighted by Gasteiger charge is 2.11. The van der Waals surface area contributed by atoms with Gasteiger partial charge in [0.1, 0.15) is 5.82 Å². The summed E-state index contributed by atoms with van der Waals surface area (Å²) in [6.45, 7) is 4.35. The van der Waals surface area contributed by atoms with Crippen molar-refractivity contribution in [3.8, 4) is 0 Å². The molecule has 0 saturated carbocycles. The molecule has 6 nitrogen and oxygen atoms in total. The Kier molecular flexibility index (Phi) is 4.74. The van der Waals surface area contributed by atoms with Crippen LogP contribution in [0.25, 0.3) is 0 Å². The monoisotopic (exact) mass is 306 g/mol. The number of nitrogens with one attached hydrogen (secondary N) is 3. The molecule has 0 aromatic carbocycles. The molecule has 0 atom stereocenters. The van der Waals surface area contributed by atoms with Gasteiger partial charge in [0.15, 0.2) is 0 Å². The number of aromatic amines is 1. The zero-order valence-corrected chi connectivity index (χ0v) is 13.0. The van der Waals surface area contributed by atoms with Crippen molar-refractivity contribution in [1.82, 2.24) is 15.3 Å². The number of carbonyl (C=O) groups is 1. The fourth-order valence-corrected chi connectivity index (χ4v) is 2.37. The van der Waals surface area contributed by atoms with E-state index in [0.29, 0.717) is 23.6 Å². The van der Waals surface area contributed by atoms with E-state index in [1.165, 1.54) is 0 Å². The van der Waals surface area contributed by atoms with E-state index in [0.717, 1.165) is 17.0 Å². The summed E-state index contributed by atoms with van der Waals surface area (Å²) >= 11 is 1.08. The van der Waals surface area contributed by atoms with Crippen molar-refractivity contribution in [1.29, 1.82) is 0 Å². The number of hydrogen-bond acceptors (Lipinski definition) is 5. The van der Waals surface area contributed by atoms with Gasteiger partial charge in [0.05, 0.1) is 6.54 Å². The Bertz CT molecular complexity index is 690. The Balaban J connectivity index is 2.14. The van der Waals surface area contributed by atoms with Gasteiger partial charge in [-0.15, -0.1) is 0 Å². The zero-order chi connectivity index (χ0) is 15.4. The quantitative estimate of drug-likeness (QED) is 0.787. The number of nitrogens with zero attached hydrogens (tertiary/aromatic N) is 1. The lowest BCUT2D eigenvalue weighted by Crippen LogP contribution is -2.23. The van der Waals surface area contributed by atoms with Crippen molar-refractivity contribution < 1.29 is 4.79 Å². The predicted molar refractivity (Wildman–Crippen MR) is 84.0 cm³/mol. The molecule has 0 saturated heterocycles. The van der Waals surface area contributed by atoms with E-state index in [-0.39, 0.29) is 16.7 Å². The fourth-order valence-electron chi connectivity index (χ4n) is 1.78. The van der Waals surface area contributed by atoms with Gasteiger partial charge < -0.3 is 15.6 Å². The third kappa shape index (κ3) is 3.91. The van der Waals surface area contributed by atoms with E-state index in [9.17, 15) is 9.59 Å². The van der Waals surface area contributed by atoms with Gasteiger partial charge in [-0.3, -0.25) is 9.59 Å². The smallest absolute Gasteiger partial charge is 0.304 e. The number of rotatable bonds is 5. The van der Waals surface area contributed by atoms with E-state index >= 15 is 0 Å². The third-order valence-electron chi connectivity index (χ3n) is 2.97. The maximum absolute atomic E-state index is 12.2. The van der Waals surface area contributed by atoms with Crippen LogP contribution in [0.15, 0.2) is 22.3 Å². The van der Waals surface area contributed by atoms with Crippen LogP contribution < -0.4 is 15.5 Å². The Morgan fingerprint density at radius 1 is 1.43 bits per heavy atom. The summed E-state index contributed by atoms with van der Waals surface area (Å²) in [7, 11) is 1.77. The number of thiazole rings is 1. The van der Waals surface area contributed by atoms with E-state index in [2.05, 4.69) is 20.6 Å². The molecule has 2 aromatic heterocycles. The molecule has 0 fully saturated rings. The SMILES string of the molecule is CNc1cc(C(=O)NCc2csc(=O)[nH]2)cc(C(C)C)n1. The van der Waals surface area contributed by atoms with Gasteiger partial charge in [-0.25, -0.2) is 4.98 Å². The standard InChI is InChI=1S/C14H18N4O2S/c1-8(2)11-4-9(5-12(15-3)18-11)13(19)16-6-10-7-21-14(20)17-10/h4-5,7-8H,6H2,1-3H3,(H,15,18)(H,16,19)(H,17,20). The molecule has 0 aliphatic heterocycles. The van der Waals surface area contributed by atoms with Crippen LogP contribution in [0, 0.1) is 0 Å². The summed E-state index contributed by atoms with van der Waals surface area (Å²) < 4.78 is 0. The highest BCUT2D eigenvalue weighted by molar-refractivity contribution is 7.07. The maximum Gasteiger partial charge on any atom is 0.304 e. The molecule has 0 bridgehead atoms. The van der Waals surface area contributed by atoms with E-state index < -0.39 is 0 Å². The molecule has 112 valence electrons. The van der Waals surface area contributed by atoms with Crippen molar-refractivity contribution in [2.24, 2.45) is 0 Å². The summed E-state index contributed by atoms with van der Waals surface area (Å²) in [6.07, 6.45) is 0. The Hall–Kier alpha value is -2.15. The number of hydrogen-bond donors (Lipinski definition) is 3. The zero-order valence-electron chi connectivity index (χ0n) is 12.2. The van der Waals surface area contributed by atoms with Crippen LogP contribution in [0.4, 0.5) is 5.82 Å². The minimum atomic E-state index is -0.192. The van der Waals surface area contributed by atoms with Crippen LogP contribution in [0.1, 0.15) is 41.5 Å². The molecular formula is C14H18N4O2S. The number of amides is 1. The van der Waals surface area contributed by atoms with E-state index in [1.54, 1.807) is 24.6 Å². The summed E-state index contributed by atoms with van der Waals surface area (Å²) in [6, 6.07) is 3.49. The second kappa shape index (κ2) is 6.53. The van der Waals surface area contributed by atoms with Crippen LogP contribution in [-0.4, -0.2) is 22.9 Å². The van der Waals surface area contributed by atoms with Crippen LogP contribution in [-0.2, 0) is 6.54 Å². The predicted octanol–water partition coefficient (Wildman–Crippen LogP) is 1.93. The number of anilines is 1. The maximum atomic E-state index is 12.2. The second-order valence-electron chi connectivity index (χ2n) is 4.93. The van der Waals surface area contributed by atoms with Crippen molar-refractivity contribution in [2.75, 3.05) is 12.4 Å². The molecule has 3 N–H and O–H groups in total. The number of pyridine rings is 1. The Labute approximate surface area is 126 Å². The lowest BCUT2D eigenvalue weighted by Gasteiger charge is -2.11. The average Bonchev–Trinajstić information content (AvgIpc) is 2.89. The first-order chi connectivity index (χ1) is 9.99. The molecule has 2 rings (SSSR count). The minimum absolute atomic E-state index is 0.122. The number of aromatic nitrogens is 2. The minimum Gasteiger partial charge on any atom is -0.373 e. The van der Waals surface area contributed by atoms with Crippen LogP contribution in [0.5, 0.6) is 0 Å². The van der Waals surface area contributed by atoms with Gasteiger partial charge in [0, 0.05) is 29.4 Å². The van der Waals surface area contributed by atoms with Crippen molar-refractivity contribution >= 4 is 23.1 Å². The largest absolute Gasteiger partial charge is 0.373 e. The molecule has 2 heterocycles. The number of carbonyl (C=O) groups excluding carboxylic acids is 1. The van der Waals surface area contributed by atoms with Gasteiger partial charge in [-0.2, -0.15) is 0 Å². The third-order valence-corrected chi connectivity index (χ3v) is 3.68. The molecule has 7 heteroatoms. The van der Waals surface area contributed by atoms with Gasteiger partial charge in [-0.1, -0.05) is 25.2 Å². The number of H-pyrrole nitrogens is 1. The van der Waals surface area contributed by atoms with E-state index in [4.69, 9.17) is 0 Å². The fraction of sp³-hybridized carbons (Fsp3) is 0.357. The molecule has 1 amide bonds. The highest BCUT2D eigenvalue weighted by atomic mass is 32.1. The van der Waals surface area contributed by atoms with Crippen LogP contribution in [0.2, 0.25) is 0 Å². The molecule has 0 aliphatic carbocycles. The first-order valence-corrected chi connectivity index (χ1v) is 7.52. The van der Waals surface area contributed by atoms with Gasteiger partial charge in [0.2, 0.25) is 0 Å². The van der Waals surface area contributed by atoms with Gasteiger partial charge in [-0.05, 0) is 18.1 Å². The lowest BCUT2D eigenvalue weighted by molar-refractivity contribution is 0.0950. The normalized spacial score (nSPS) is 10.7. The molecule has 0 aliphatic rings. The van der Waals surface area contributed by atoms with Crippen molar-refractivity contribution in [3.63, 3.8) is 0 Å². The molecular weight excluding hydrogens is 288 g/mol. The van der Waals surface area contributed by atoms with Crippen LogP contribution in [0.3, 0.4) is 0 Å². The first-order valence-electron chi connectivity index (χ1n) is 6.64. The highest BCUT2D eigenvalue weighted by Crippen LogP contribution is 2.17.